The Kier molecular flexibility index (Phi) is 4.90. The fourth-order valence-corrected chi connectivity index (χ4v) is 3.97. The van der Waals surface area contributed by atoms with Crippen LogP contribution < -0.4 is 5.56 Å². The standard InChI is InChI=1S/C20H29N5O2/c1-20(2,3)18-6-7-19(26)25(22-18)13-16-5-4-8-23(16)12-15-11-21-24-9-10-27-14-17(15)24/h6-7,11,16H,4-5,8-10,12-14H2,1-3H3. The Morgan fingerprint density at radius 1 is 1.26 bits per heavy atom. The van der Waals surface area contributed by atoms with Crippen molar-refractivity contribution >= 4 is 0 Å². The summed E-state index contributed by atoms with van der Waals surface area (Å²) in [5.74, 6) is 0. The van der Waals surface area contributed by atoms with Gasteiger partial charge in [-0.3, -0.25) is 14.4 Å². The minimum absolute atomic E-state index is 0.0221. The molecule has 2 aromatic heterocycles. The highest BCUT2D eigenvalue weighted by atomic mass is 16.5. The monoisotopic (exact) mass is 371 g/mol. The Labute approximate surface area is 159 Å². The van der Waals surface area contributed by atoms with Gasteiger partial charge in [-0.2, -0.15) is 10.2 Å². The Hall–Kier alpha value is -1.99. The van der Waals surface area contributed by atoms with Gasteiger partial charge in [-0.25, -0.2) is 4.68 Å². The zero-order chi connectivity index (χ0) is 19.0. The van der Waals surface area contributed by atoms with E-state index in [1.807, 2.05) is 12.3 Å². The van der Waals surface area contributed by atoms with Gasteiger partial charge in [0.05, 0.1) is 43.9 Å². The number of fused-ring (bicyclic) bond motifs is 1. The summed E-state index contributed by atoms with van der Waals surface area (Å²) >= 11 is 0. The Balaban J connectivity index is 1.51. The van der Waals surface area contributed by atoms with Crippen LogP contribution >= 0.6 is 0 Å². The molecule has 4 heterocycles. The zero-order valence-electron chi connectivity index (χ0n) is 16.5. The molecule has 2 aromatic rings. The van der Waals surface area contributed by atoms with E-state index >= 15 is 0 Å². The van der Waals surface area contributed by atoms with Crippen LogP contribution in [-0.4, -0.2) is 43.7 Å². The molecular formula is C20H29N5O2. The fraction of sp³-hybridized carbons (Fsp3) is 0.650. The molecule has 0 aliphatic carbocycles. The van der Waals surface area contributed by atoms with Crippen LogP contribution in [0.1, 0.15) is 50.6 Å². The normalized spacial score (nSPS) is 20.8. The lowest BCUT2D eigenvalue weighted by Crippen LogP contribution is -2.37. The first kappa shape index (κ1) is 18.4. The Morgan fingerprint density at radius 2 is 2.11 bits per heavy atom. The van der Waals surface area contributed by atoms with Crippen molar-refractivity contribution in [1.29, 1.82) is 0 Å². The van der Waals surface area contributed by atoms with E-state index in [0.717, 1.165) is 44.8 Å². The van der Waals surface area contributed by atoms with E-state index in [4.69, 9.17) is 4.74 Å². The largest absolute Gasteiger partial charge is 0.373 e. The van der Waals surface area contributed by atoms with Crippen molar-refractivity contribution in [3.63, 3.8) is 0 Å². The molecule has 2 aliphatic rings. The number of hydrogen-bond acceptors (Lipinski definition) is 5. The van der Waals surface area contributed by atoms with Crippen molar-refractivity contribution in [1.82, 2.24) is 24.5 Å². The maximum Gasteiger partial charge on any atom is 0.266 e. The summed E-state index contributed by atoms with van der Waals surface area (Å²) in [7, 11) is 0. The van der Waals surface area contributed by atoms with E-state index in [0.29, 0.717) is 19.2 Å². The van der Waals surface area contributed by atoms with Crippen LogP contribution in [0.25, 0.3) is 0 Å². The lowest BCUT2D eigenvalue weighted by molar-refractivity contribution is 0.0785. The van der Waals surface area contributed by atoms with Gasteiger partial charge in [0.2, 0.25) is 0 Å². The second-order valence-corrected chi connectivity index (χ2v) is 8.65. The molecule has 0 spiro atoms. The van der Waals surface area contributed by atoms with E-state index < -0.39 is 0 Å². The highest BCUT2D eigenvalue weighted by molar-refractivity contribution is 5.18. The third-order valence-electron chi connectivity index (χ3n) is 5.61. The van der Waals surface area contributed by atoms with Crippen molar-refractivity contribution in [2.45, 2.75) is 71.3 Å². The third kappa shape index (κ3) is 3.84. The van der Waals surface area contributed by atoms with E-state index in [9.17, 15) is 4.79 Å². The summed E-state index contributed by atoms with van der Waals surface area (Å²) in [6, 6.07) is 3.83. The molecular weight excluding hydrogens is 342 g/mol. The van der Waals surface area contributed by atoms with Crippen LogP contribution in [0, 0.1) is 0 Å². The Morgan fingerprint density at radius 3 is 2.93 bits per heavy atom. The number of hydrogen-bond donors (Lipinski definition) is 0. The van der Waals surface area contributed by atoms with Crippen molar-refractivity contribution < 1.29 is 4.74 Å². The summed E-state index contributed by atoms with van der Waals surface area (Å²) in [6.45, 7) is 11.1. The molecule has 7 nitrogen and oxygen atoms in total. The first-order valence-corrected chi connectivity index (χ1v) is 9.86. The smallest absolute Gasteiger partial charge is 0.266 e. The van der Waals surface area contributed by atoms with Gasteiger partial charge in [-0.15, -0.1) is 0 Å². The molecule has 0 aromatic carbocycles. The lowest BCUT2D eigenvalue weighted by atomic mass is 9.92. The molecule has 146 valence electrons. The van der Waals surface area contributed by atoms with Gasteiger partial charge in [0.15, 0.2) is 0 Å². The fourth-order valence-electron chi connectivity index (χ4n) is 3.97. The minimum Gasteiger partial charge on any atom is -0.373 e. The van der Waals surface area contributed by atoms with Crippen molar-refractivity contribution in [3.05, 3.63) is 45.6 Å². The summed E-state index contributed by atoms with van der Waals surface area (Å²) in [6.07, 6.45) is 4.22. The quantitative estimate of drug-likeness (QED) is 0.822. The number of nitrogens with zero attached hydrogens (tertiary/aromatic N) is 5. The molecule has 0 saturated carbocycles. The van der Waals surface area contributed by atoms with E-state index in [-0.39, 0.29) is 11.0 Å². The average Bonchev–Trinajstić information content (AvgIpc) is 3.24. The van der Waals surface area contributed by atoms with Crippen LogP contribution in [0.15, 0.2) is 23.1 Å². The lowest BCUT2D eigenvalue weighted by Gasteiger charge is -2.26. The predicted molar refractivity (Wildman–Crippen MR) is 103 cm³/mol. The maximum absolute atomic E-state index is 12.4. The molecule has 0 N–H and O–H groups in total. The molecule has 1 saturated heterocycles. The van der Waals surface area contributed by atoms with E-state index in [1.165, 1.54) is 11.3 Å². The SMILES string of the molecule is CC(C)(C)c1ccc(=O)n(CC2CCCN2Cc2cnn3c2COCC3)n1. The van der Waals surface area contributed by atoms with Crippen LogP contribution in [0.2, 0.25) is 0 Å². The highest BCUT2D eigenvalue weighted by Gasteiger charge is 2.28. The van der Waals surface area contributed by atoms with Gasteiger partial charge in [-0.05, 0) is 25.5 Å². The van der Waals surface area contributed by atoms with Gasteiger partial charge < -0.3 is 4.74 Å². The first-order valence-electron chi connectivity index (χ1n) is 9.86. The molecule has 0 amide bonds. The highest BCUT2D eigenvalue weighted by Crippen LogP contribution is 2.24. The van der Waals surface area contributed by atoms with Crippen LogP contribution in [0.4, 0.5) is 0 Å². The number of likely N-dealkylation sites (tertiary alicyclic amines) is 1. The summed E-state index contributed by atoms with van der Waals surface area (Å²) in [4.78, 5) is 14.8. The molecule has 1 unspecified atom stereocenters. The second kappa shape index (κ2) is 7.20. The first-order chi connectivity index (χ1) is 12.9. The van der Waals surface area contributed by atoms with Crippen molar-refractivity contribution in [2.24, 2.45) is 0 Å². The van der Waals surface area contributed by atoms with E-state index in [1.54, 1.807) is 10.7 Å². The predicted octanol–water partition coefficient (Wildman–Crippen LogP) is 1.93. The van der Waals surface area contributed by atoms with Crippen LogP contribution in [0.3, 0.4) is 0 Å². The molecule has 0 radical (unpaired) electrons. The molecule has 2 aliphatic heterocycles. The molecule has 0 bridgehead atoms. The van der Waals surface area contributed by atoms with Gasteiger partial charge in [-0.1, -0.05) is 20.8 Å². The van der Waals surface area contributed by atoms with Crippen molar-refractivity contribution in [3.8, 4) is 0 Å². The number of rotatable bonds is 4. The maximum atomic E-state index is 12.4. The summed E-state index contributed by atoms with van der Waals surface area (Å²) < 4.78 is 9.32. The molecule has 1 fully saturated rings. The number of ether oxygens (including phenoxy) is 1. The van der Waals surface area contributed by atoms with Gasteiger partial charge in [0.25, 0.3) is 5.56 Å². The van der Waals surface area contributed by atoms with Crippen LogP contribution in [0.5, 0.6) is 0 Å². The zero-order valence-corrected chi connectivity index (χ0v) is 16.5. The molecule has 7 heteroatoms. The van der Waals surface area contributed by atoms with Gasteiger partial charge >= 0.3 is 0 Å². The summed E-state index contributed by atoms with van der Waals surface area (Å²) in [5, 5.41) is 9.15. The number of aromatic nitrogens is 4. The van der Waals surface area contributed by atoms with Crippen molar-refractivity contribution in [2.75, 3.05) is 13.2 Å². The molecule has 1 atom stereocenters. The van der Waals surface area contributed by atoms with Gasteiger partial charge in [0.1, 0.15) is 0 Å². The molecule has 27 heavy (non-hydrogen) atoms. The molecule has 4 rings (SSSR count). The Bertz CT molecular complexity index is 864. The van der Waals surface area contributed by atoms with Gasteiger partial charge in [0, 0.05) is 29.6 Å². The third-order valence-corrected chi connectivity index (χ3v) is 5.61. The van der Waals surface area contributed by atoms with E-state index in [2.05, 4.69) is 40.6 Å². The topological polar surface area (TPSA) is 65.2 Å². The summed E-state index contributed by atoms with van der Waals surface area (Å²) in [5.41, 5.74) is 3.30. The average molecular weight is 371 g/mol. The second-order valence-electron chi connectivity index (χ2n) is 8.65. The van der Waals surface area contributed by atoms with Crippen LogP contribution in [-0.2, 0) is 36.4 Å². The minimum atomic E-state index is -0.0674.